The van der Waals surface area contributed by atoms with Crippen LogP contribution < -0.4 is 0 Å². The molecule has 0 radical (unpaired) electrons. The summed E-state index contributed by atoms with van der Waals surface area (Å²) in [4.78, 5) is 11.6. The molecule has 4 aromatic rings. The minimum Gasteiger partial charge on any atom is -0.481 e. The number of ether oxygens (including phenoxy) is 1. The highest BCUT2D eigenvalue weighted by Crippen LogP contribution is 2.48. The number of rotatable bonds is 9. The van der Waals surface area contributed by atoms with Gasteiger partial charge in [0, 0.05) is 11.1 Å². The second-order valence-electron chi connectivity index (χ2n) is 8.91. The van der Waals surface area contributed by atoms with Crippen LogP contribution in [0.5, 0.6) is 0 Å². The lowest BCUT2D eigenvalue weighted by Gasteiger charge is -2.11. The Morgan fingerprint density at radius 3 is 2.18 bits per heavy atom. The van der Waals surface area contributed by atoms with Crippen LogP contribution in [-0.2, 0) is 28.0 Å². The molecule has 0 atom stereocenters. The van der Waals surface area contributed by atoms with Gasteiger partial charge in [0.15, 0.2) is 5.76 Å². The van der Waals surface area contributed by atoms with Crippen LogP contribution in [-0.4, -0.2) is 22.8 Å². The van der Waals surface area contributed by atoms with Gasteiger partial charge in [0.2, 0.25) is 0 Å². The average Bonchev–Trinajstić information content (AvgIpc) is 3.61. The van der Waals surface area contributed by atoms with Crippen LogP contribution in [0.3, 0.4) is 0 Å². The van der Waals surface area contributed by atoms with Crippen molar-refractivity contribution in [2.75, 3.05) is 6.61 Å². The zero-order valence-corrected chi connectivity index (χ0v) is 19.2. The summed E-state index contributed by atoms with van der Waals surface area (Å²) in [6.07, 6.45) is 2.29. The molecule has 34 heavy (non-hydrogen) atoms. The number of carbonyl (C=O) groups is 1. The molecule has 0 amide bonds. The first-order chi connectivity index (χ1) is 16.6. The Balaban J connectivity index is 1.26. The van der Waals surface area contributed by atoms with Crippen LogP contribution >= 0.6 is 0 Å². The Labute approximate surface area is 199 Å². The molecule has 0 unspecified atom stereocenters. The molecule has 0 aliphatic heterocycles. The van der Waals surface area contributed by atoms with Gasteiger partial charge in [-0.2, -0.15) is 0 Å². The van der Waals surface area contributed by atoms with E-state index in [0.29, 0.717) is 26.1 Å². The maximum Gasteiger partial charge on any atom is 0.314 e. The average molecular weight is 454 g/mol. The monoisotopic (exact) mass is 453 g/mol. The van der Waals surface area contributed by atoms with Gasteiger partial charge >= 0.3 is 5.97 Å². The van der Waals surface area contributed by atoms with Gasteiger partial charge in [0.1, 0.15) is 0 Å². The normalized spacial score (nSPS) is 14.1. The molecule has 0 spiro atoms. The standard InChI is InChI=1S/C29H27NO4/c1-20-26(19-33-18-15-21-5-3-2-4-6-21)27(34-30-20)24-9-7-22(8-10-24)23-11-13-25(14-12-23)29(16-17-29)28(31)32/h2-14H,15-19H2,1H3,(H,31,32). The van der Waals surface area contributed by atoms with Crippen molar-refractivity contribution in [3.63, 3.8) is 0 Å². The molecule has 1 N–H and O–H groups in total. The van der Waals surface area contributed by atoms with E-state index in [-0.39, 0.29) is 0 Å². The highest BCUT2D eigenvalue weighted by molar-refractivity contribution is 5.85. The van der Waals surface area contributed by atoms with Gasteiger partial charge in [-0.15, -0.1) is 0 Å². The Kier molecular flexibility index (Phi) is 6.03. The molecular formula is C29H27NO4. The fraction of sp³-hybridized carbons (Fsp3) is 0.241. The van der Waals surface area contributed by atoms with E-state index in [1.807, 2.05) is 73.7 Å². The molecule has 1 aromatic heterocycles. The first-order valence-corrected chi connectivity index (χ1v) is 11.6. The fourth-order valence-corrected chi connectivity index (χ4v) is 4.34. The van der Waals surface area contributed by atoms with E-state index in [2.05, 4.69) is 17.3 Å². The van der Waals surface area contributed by atoms with Gasteiger partial charge < -0.3 is 14.4 Å². The van der Waals surface area contributed by atoms with E-state index < -0.39 is 11.4 Å². The first-order valence-electron chi connectivity index (χ1n) is 11.6. The van der Waals surface area contributed by atoms with Crippen molar-refractivity contribution in [3.05, 3.63) is 101 Å². The third kappa shape index (κ3) is 4.39. The summed E-state index contributed by atoms with van der Waals surface area (Å²) in [7, 11) is 0. The topological polar surface area (TPSA) is 72.6 Å². The summed E-state index contributed by atoms with van der Waals surface area (Å²) in [5, 5.41) is 13.7. The summed E-state index contributed by atoms with van der Waals surface area (Å²) < 4.78 is 11.6. The summed E-state index contributed by atoms with van der Waals surface area (Å²) in [5.41, 5.74) is 6.33. The number of nitrogens with zero attached hydrogens (tertiary/aromatic N) is 1. The Bertz CT molecular complexity index is 1270. The summed E-state index contributed by atoms with van der Waals surface area (Å²) in [6.45, 7) is 3.01. The zero-order chi connectivity index (χ0) is 23.5. The lowest BCUT2D eigenvalue weighted by atomic mass is 9.93. The summed E-state index contributed by atoms with van der Waals surface area (Å²) in [5.74, 6) is 0.00282. The third-order valence-electron chi connectivity index (χ3n) is 6.69. The van der Waals surface area contributed by atoms with Crippen molar-refractivity contribution in [1.29, 1.82) is 0 Å². The molecule has 1 aliphatic carbocycles. The summed E-state index contributed by atoms with van der Waals surface area (Å²) >= 11 is 0. The number of carboxylic acids is 1. The maximum atomic E-state index is 11.6. The smallest absolute Gasteiger partial charge is 0.314 e. The van der Waals surface area contributed by atoms with Gasteiger partial charge in [-0.25, -0.2) is 0 Å². The van der Waals surface area contributed by atoms with Crippen molar-refractivity contribution in [1.82, 2.24) is 5.16 Å². The number of aliphatic carboxylic acids is 1. The predicted molar refractivity (Wildman–Crippen MR) is 130 cm³/mol. The number of aryl methyl sites for hydroxylation is 1. The van der Waals surface area contributed by atoms with Crippen molar-refractivity contribution >= 4 is 5.97 Å². The largest absolute Gasteiger partial charge is 0.481 e. The molecule has 0 bridgehead atoms. The minimum absolute atomic E-state index is 0.450. The van der Waals surface area contributed by atoms with Gasteiger partial charge in [0.25, 0.3) is 0 Å². The molecule has 0 saturated heterocycles. The molecule has 1 aliphatic rings. The second kappa shape index (κ2) is 9.27. The van der Waals surface area contributed by atoms with Crippen LogP contribution in [0.15, 0.2) is 83.4 Å². The number of aromatic nitrogens is 1. The van der Waals surface area contributed by atoms with Crippen molar-refractivity contribution in [3.8, 4) is 22.5 Å². The first kappa shape index (κ1) is 22.1. The molecular weight excluding hydrogens is 426 g/mol. The van der Waals surface area contributed by atoms with Gasteiger partial charge in [-0.3, -0.25) is 4.79 Å². The summed E-state index contributed by atoms with van der Waals surface area (Å²) in [6, 6.07) is 26.3. The van der Waals surface area contributed by atoms with Crippen LogP contribution in [0.1, 0.15) is 35.2 Å². The number of benzene rings is 3. The Morgan fingerprint density at radius 2 is 1.56 bits per heavy atom. The SMILES string of the molecule is Cc1noc(-c2ccc(-c3ccc(C4(C(=O)O)CC4)cc3)cc2)c1COCCc1ccccc1. The fourth-order valence-electron chi connectivity index (χ4n) is 4.34. The van der Waals surface area contributed by atoms with Crippen molar-refractivity contribution < 1.29 is 19.2 Å². The molecule has 3 aromatic carbocycles. The third-order valence-corrected chi connectivity index (χ3v) is 6.69. The van der Waals surface area contributed by atoms with E-state index in [1.54, 1.807) is 0 Å². The molecule has 1 saturated carbocycles. The van der Waals surface area contributed by atoms with Gasteiger partial charge in [0.05, 0.1) is 24.3 Å². The van der Waals surface area contributed by atoms with E-state index in [1.165, 1.54) is 5.56 Å². The number of carboxylic acid groups (broad SMARTS) is 1. The molecule has 1 heterocycles. The molecule has 5 nitrogen and oxygen atoms in total. The number of hydrogen-bond acceptors (Lipinski definition) is 4. The molecule has 172 valence electrons. The van der Waals surface area contributed by atoms with Crippen LogP contribution in [0.25, 0.3) is 22.5 Å². The highest BCUT2D eigenvalue weighted by Gasteiger charge is 2.51. The minimum atomic E-state index is -0.730. The van der Waals surface area contributed by atoms with Gasteiger partial charge in [-0.1, -0.05) is 84.0 Å². The molecule has 1 fully saturated rings. The second-order valence-corrected chi connectivity index (χ2v) is 8.91. The predicted octanol–water partition coefficient (Wildman–Crippen LogP) is 6.19. The van der Waals surface area contributed by atoms with Crippen LogP contribution in [0.2, 0.25) is 0 Å². The van der Waals surface area contributed by atoms with Crippen molar-refractivity contribution in [2.24, 2.45) is 0 Å². The van der Waals surface area contributed by atoms with Gasteiger partial charge in [-0.05, 0) is 48.4 Å². The number of hydrogen-bond donors (Lipinski definition) is 1. The van der Waals surface area contributed by atoms with Crippen LogP contribution in [0, 0.1) is 6.92 Å². The van der Waals surface area contributed by atoms with Crippen molar-refractivity contribution in [2.45, 2.75) is 38.2 Å². The lowest BCUT2D eigenvalue weighted by molar-refractivity contribution is -0.140. The van der Waals surface area contributed by atoms with E-state index in [4.69, 9.17) is 9.26 Å². The lowest BCUT2D eigenvalue weighted by Crippen LogP contribution is -2.19. The quantitative estimate of drug-likeness (QED) is 0.306. The molecule has 5 heteroatoms. The van der Waals surface area contributed by atoms with E-state index in [0.717, 1.165) is 45.7 Å². The van der Waals surface area contributed by atoms with E-state index >= 15 is 0 Å². The Hall–Kier alpha value is -3.70. The molecule has 5 rings (SSSR count). The van der Waals surface area contributed by atoms with Crippen LogP contribution in [0.4, 0.5) is 0 Å². The maximum absolute atomic E-state index is 11.6. The highest BCUT2D eigenvalue weighted by atomic mass is 16.5. The Morgan fingerprint density at radius 1 is 0.941 bits per heavy atom. The van der Waals surface area contributed by atoms with E-state index in [9.17, 15) is 9.90 Å². The zero-order valence-electron chi connectivity index (χ0n) is 19.2.